The molecule has 28 heavy (non-hydrogen) atoms. The first-order valence-corrected chi connectivity index (χ1v) is 9.92. The fourth-order valence-electron chi connectivity index (χ4n) is 4.72. The molecular weight excluding hydrogens is 348 g/mol. The van der Waals surface area contributed by atoms with E-state index in [1.54, 1.807) is 0 Å². The van der Waals surface area contributed by atoms with Crippen LogP contribution in [0.3, 0.4) is 0 Å². The molecule has 0 atom stereocenters. The largest absolute Gasteiger partial charge is 0.357 e. The zero-order chi connectivity index (χ0) is 19.3. The van der Waals surface area contributed by atoms with Gasteiger partial charge in [0.05, 0.1) is 22.7 Å². The van der Waals surface area contributed by atoms with Crippen LogP contribution in [0.1, 0.15) is 35.4 Å². The van der Waals surface area contributed by atoms with Gasteiger partial charge in [0.25, 0.3) is 0 Å². The van der Waals surface area contributed by atoms with Crippen LogP contribution in [0.5, 0.6) is 0 Å². The fraction of sp³-hybridized carbons (Fsp3) is 0.409. The third-order valence-corrected chi connectivity index (χ3v) is 6.28. The Bertz CT molecular complexity index is 1150. The number of piperidine rings is 1. The molecule has 0 unspecified atom stereocenters. The number of nitrogens with zero attached hydrogens (tertiary/aromatic N) is 5. The molecule has 2 aliphatic heterocycles. The highest BCUT2D eigenvalue weighted by molar-refractivity contribution is 5.86. The average Bonchev–Trinajstić information content (AvgIpc) is 3.06. The van der Waals surface area contributed by atoms with E-state index < -0.39 is 0 Å². The van der Waals surface area contributed by atoms with Gasteiger partial charge in [0.2, 0.25) is 0 Å². The van der Waals surface area contributed by atoms with Gasteiger partial charge in [-0.25, -0.2) is 4.98 Å². The molecule has 5 rings (SSSR count). The Balaban J connectivity index is 1.81. The van der Waals surface area contributed by atoms with Gasteiger partial charge in [0, 0.05) is 38.0 Å². The van der Waals surface area contributed by atoms with E-state index in [-0.39, 0.29) is 5.92 Å². The Hall–Kier alpha value is -3.09. The predicted molar refractivity (Wildman–Crippen MR) is 108 cm³/mol. The van der Waals surface area contributed by atoms with Gasteiger partial charge in [-0.05, 0) is 43.0 Å². The van der Waals surface area contributed by atoms with E-state index in [0.29, 0.717) is 11.5 Å². The van der Waals surface area contributed by atoms with E-state index in [2.05, 4.69) is 39.7 Å². The summed E-state index contributed by atoms with van der Waals surface area (Å²) in [6, 6.07) is 13.0. The summed E-state index contributed by atoms with van der Waals surface area (Å²) in [6.07, 6.45) is 1.76. The lowest BCUT2D eigenvalue weighted by Crippen LogP contribution is -2.41. The molecule has 2 aromatic heterocycles. The van der Waals surface area contributed by atoms with E-state index in [4.69, 9.17) is 4.98 Å². The SMILES string of the molecule is Cc1c(C2CNC2)c(C#N)c2nc3ccccc3n2c1N1CCC(C#N)CC1. The van der Waals surface area contributed by atoms with E-state index in [0.717, 1.165) is 67.1 Å². The number of nitriles is 2. The lowest BCUT2D eigenvalue weighted by Gasteiger charge is -2.36. The van der Waals surface area contributed by atoms with Crippen LogP contribution < -0.4 is 10.2 Å². The molecular formula is C22H22N6. The number of pyridine rings is 1. The Kier molecular flexibility index (Phi) is 3.96. The predicted octanol–water partition coefficient (Wildman–Crippen LogP) is 3.09. The monoisotopic (exact) mass is 370 g/mol. The van der Waals surface area contributed by atoms with Crippen molar-refractivity contribution in [1.29, 1.82) is 10.5 Å². The highest BCUT2D eigenvalue weighted by Crippen LogP contribution is 2.38. The van der Waals surface area contributed by atoms with Crippen LogP contribution >= 0.6 is 0 Å². The summed E-state index contributed by atoms with van der Waals surface area (Å²) >= 11 is 0. The van der Waals surface area contributed by atoms with Crippen molar-refractivity contribution in [3.05, 3.63) is 41.0 Å². The zero-order valence-electron chi connectivity index (χ0n) is 15.9. The molecule has 1 aromatic carbocycles. The van der Waals surface area contributed by atoms with Gasteiger partial charge >= 0.3 is 0 Å². The number of para-hydroxylation sites is 2. The number of benzene rings is 1. The summed E-state index contributed by atoms with van der Waals surface area (Å²) in [5, 5.41) is 22.6. The first-order chi connectivity index (χ1) is 13.7. The molecule has 2 aliphatic rings. The standard InChI is InChI=1S/C22H22N6/c1-14-20(16-12-25-13-16)17(11-24)21-26-18-4-2-3-5-19(18)28(21)22(14)27-8-6-15(10-23)7-9-27/h2-5,15-16,25H,6-9,12-13H2,1H3. The topological polar surface area (TPSA) is 80.2 Å². The zero-order valence-corrected chi connectivity index (χ0v) is 15.9. The second-order valence-electron chi connectivity index (χ2n) is 7.85. The van der Waals surface area contributed by atoms with Crippen LogP contribution in [0.25, 0.3) is 16.7 Å². The van der Waals surface area contributed by atoms with E-state index in [9.17, 15) is 10.5 Å². The van der Waals surface area contributed by atoms with E-state index >= 15 is 0 Å². The van der Waals surface area contributed by atoms with Crippen molar-refractivity contribution in [2.24, 2.45) is 5.92 Å². The van der Waals surface area contributed by atoms with Crippen molar-refractivity contribution in [2.75, 3.05) is 31.1 Å². The summed E-state index contributed by atoms with van der Waals surface area (Å²) < 4.78 is 2.17. The second-order valence-corrected chi connectivity index (χ2v) is 7.85. The summed E-state index contributed by atoms with van der Waals surface area (Å²) in [5.41, 5.74) is 5.73. The minimum Gasteiger partial charge on any atom is -0.357 e. The van der Waals surface area contributed by atoms with Crippen LogP contribution in [-0.2, 0) is 0 Å². The van der Waals surface area contributed by atoms with Crippen molar-refractivity contribution < 1.29 is 0 Å². The molecule has 0 spiro atoms. The summed E-state index contributed by atoms with van der Waals surface area (Å²) in [6.45, 7) is 5.67. The average molecular weight is 370 g/mol. The number of nitrogens with one attached hydrogen (secondary N) is 1. The van der Waals surface area contributed by atoms with Crippen LogP contribution in [0.15, 0.2) is 24.3 Å². The molecule has 0 aliphatic carbocycles. The minimum atomic E-state index is 0.139. The third-order valence-electron chi connectivity index (χ3n) is 6.28. The minimum absolute atomic E-state index is 0.139. The molecule has 2 saturated heterocycles. The highest BCUT2D eigenvalue weighted by Gasteiger charge is 2.31. The molecule has 4 heterocycles. The number of anilines is 1. The molecule has 0 saturated carbocycles. The molecule has 140 valence electrons. The Morgan fingerprint density at radius 3 is 2.54 bits per heavy atom. The smallest absolute Gasteiger partial charge is 0.157 e. The first kappa shape index (κ1) is 17.0. The molecule has 6 nitrogen and oxygen atoms in total. The highest BCUT2D eigenvalue weighted by atomic mass is 15.2. The normalized spacial score (nSPS) is 18.2. The van der Waals surface area contributed by atoms with Gasteiger partial charge in [-0.1, -0.05) is 12.1 Å². The quantitative estimate of drug-likeness (QED) is 0.750. The van der Waals surface area contributed by atoms with Crippen LogP contribution in [0, 0.1) is 35.5 Å². The fourth-order valence-corrected chi connectivity index (χ4v) is 4.72. The lowest BCUT2D eigenvalue weighted by molar-refractivity contribution is 0.445. The molecule has 6 heteroatoms. The molecule has 1 N–H and O–H groups in total. The summed E-state index contributed by atoms with van der Waals surface area (Å²) in [7, 11) is 0. The van der Waals surface area contributed by atoms with Crippen molar-refractivity contribution in [3.63, 3.8) is 0 Å². The van der Waals surface area contributed by atoms with Gasteiger partial charge in [0.15, 0.2) is 5.65 Å². The number of aromatic nitrogens is 2. The molecule has 0 radical (unpaired) electrons. The van der Waals surface area contributed by atoms with Crippen LogP contribution in [0.2, 0.25) is 0 Å². The van der Waals surface area contributed by atoms with Gasteiger partial charge in [-0.3, -0.25) is 4.40 Å². The number of fused-ring (bicyclic) bond motifs is 3. The molecule has 3 aromatic rings. The maximum atomic E-state index is 10.0. The number of hydrogen-bond donors (Lipinski definition) is 1. The van der Waals surface area contributed by atoms with Crippen molar-refractivity contribution >= 4 is 22.5 Å². The summed E-state index contributed by atoms with van der Waals surface area (Å²) in [5.74, 6) is 1.64. The number of rotatable bonds is 2. The van der Waals surface area contributed by atoms with Crippen LogP contribution in [-0.4, -0.2) is 35.6 Å². The maximum absolute atomic E-state index is 10.0. The Morgan fingerprint density at radius 1 is 1.14 bits per heavy atom. The van der Waals surface area contributed by atoms with Crippen molar-refractivity contribution in [3.8, 4) is 12.1 Å². The molecule has 0 bridgehead atoms. The Morgan fingerprint density at radius 2 is 1.89 bits per heavy atom. The first-order valence-electron chi connectivity index (χ1n) is 9.92. The van der Waals surface area contributed by atoms with E-state index in [1.807, 2.05) is 18.2 Å². The van der Waals surface area contributed by atoms with Gasteiger partial charge in [-0.15, -0.1) is 0 Å². The number of imidazole rings is 1. The number of hydrogen-bond acceptors (Lipinski definition) is 5. The molecule has 2 fully saturated rings. The van der Waals surface area contributed by atoms with Gasteiger partial charge in [-0.2, -0.15) is 10.5 Å². The molecule has 0 amide bonds. The van der Waals surface area contributed by atoms with Gasteiger partial charge < -0.3 is 10.2 Å². The maximum Gasteiger partial charge on any atom is 0.157 e. The van der Waals surface area contributed by atoms with Gasteiger partial charge in [0.1, 0.15) is 11.9 Å². The Labute approximate surface area is 164 Å². The lowest BCUT2D eigenvalue weighted by atomic mass is 9.87. The van der Waals surface area contributed by atoms with Crippen molar-refractivity contribution in [1.82, 2.24) is 14.7 Å². The second kappa shape index (κ2) is 6.51. The van der Waals surface area contributed by atoms with Crippen LogP contribution in [0.4, 0.5) is 5.82 Å². The van der Waals surface area contributed by atoms with E-state index in [1.165, 1.54) is 5.56 Å². The summed E-state index contributed by atoms with van der Waals surface area (Å²) in [4.78, 5) is 7.25. The van der Waals surface area contributed by atoms with Crippen molar-refractivity contribution in [2.45, 2.75) is 25.7 Å². The third kappa shape index (κ3) is 2.38.